The SMILES string of the molecule is C[C@@H](NC(=O)c1ccn2ccnc2c1)[C@H]1COc2ccccc21. The van der Waals surface area contributed by atoms with Crippen LogP contribution < -0.4 is 10.1 Å². The average Bonchev–Trinajstić information content (AvgIpc) is 3.20. The van der Waals surface area contributed by atoms with Crippen molar-refractivity contribution in [3.63, 3.8) is 0 Å². The molecule has 5 nitrogen and oxygen atoms in total. The summed E-state index contributed by atoms with van der Waals surface area (Å²) in [5, 5.41) is 3.08. The first-order valence-electron chi connectivity index (χ1n) is 7.68. The fourth-order valence-electron chi connectivity index (χ4n) is 3.04. The van der Waals surface area contributed by atoms with E-state index in [1.165, 1.54) is 0 Å². The van der Waals surface area contributed by atoms with E-state index in [1.807, 2.05) is 41.9 Å². The molecule has 5 heteroatoms. The summed E-state index contributed by atoms with van der Waals surface area (Å²) < 4.78 is 7.58. The smallest absolute Gasteiger partial charge is 0.251 e. The van der Waals surface area contributed by atoms with Crippen LogP contribution in [0, 0.1) is 0 Å². The van der Waals surface area contributed by atoms with Crippen LogP contribution in [0.1, 0.15) is 28.8 Å². The van der Waals surface area contributed by atoms with Gasteiger partial charge in [0.2, 0.25) is 0 Å². The van der Waals surface area contributed by atoms with Gasteiger partial charge in [0, 0.05) is 41.7 Å². The quantitative estimate of drug-likeness (QED) is 0.809. The number of aromatic nitrogens is 2. The first-order valence-corrected chi connectivity index (χ1v) is 7.68. The van der Waals surface area contributed by atoms with E-state index >= 15 is 0 Å². The number of hydrogen-bond donors (Lipinski definition) is 1. The highest BCUT2D eigenvalue weighted by Gasteiger charge is 2.29. The van der Waals surface area contributed by atoms with E-state index in [9.17, 15) is 4.79 Å². The second kappa shape index (κ2) is 5.43. The Labute approximate surface area is 133 Å². The molecule has 1 aromatic carbocycles. The first-order chi connectivity index (χ1) is 11.2. The van der Waals surface area contributed by atoms with Gasteiger partial charge in [-0.15, -0.1) is 0 Å². The standard InChI is InChI=1S/C18H17N3O2/c1-12(15-11-23-16-5-3-2-4-14(15)16)20-18(22)13-6-8-21-9-7-19-17(21)10-13/h2-10,12,15H,11H2,1H3,(H,20,22)/t12-,15-/m1/s1. The van der Waals surface area contributed by atoms with Crippen molar-refractivity contribution in [3.8, 4) is 5.75 Å². The van der Waals surface area contributed by atoms with E-state index < -0.39 is 0 Å². The molecule has 0 saturated heterocycles. The fourth-order valence-corrected chi connectivity index (χ4v) is 3.04. The molecule has 3 heterocycles. The zero-order chi connectivity index (χ0) is 15.8. The molecule has 1 aliphatic heterocycles. The van der Waals surface area contributed by atoms with Crippen molar-refractivity contribution in [3.05, 3.63) is 66.1 Å². The first kappa shape index (κ1) is 13.8. The molecule has 2 atom stereocenters. The Morgan fingerprint density at radius 1 is 1.35 bits per heavy atom. The molecule has 0 bridgehead atoms. The zero-order valence-corrected chi connectivity index (χ0v) is 12.8. The van der Waals surface area contributed by atoms with Crippen molar-refractivity contribution >= 4 is 11.6 Å². The van der Waals surface area contributed by atoms with Crippen molar-refractivity contribution in [2.75, 3.05) is 6.61 Å². The van der Waals surface area contributed by atoms with Gasteiger partial charge in [0.1, 0.15) is 11.4 Å². The molecule has 1 amide bonds. The van der Waals surface area contributed by atoms with Crippen LogP contribution in [-0.2, 0) is 0 Å². The van der Waals surface area contributed by atoms with Crippen LogP contribution in [0.5, 0.6) is 5.75 Å². The molecule has 0 fully saturated rings. The molecule has 0 unspecified atom stereocenters. The number of nitrogens with zero attached hydrogens (tertiary/aromatic N) is 2. The van der Waals surface area contributed by atoms with E-state index in [1.54, 1.807) is 18.3 Å². The van der Waals surface area contributed by atoms with Gasteiger partial charge in [-0.05, 0) is 25.1 Å². The summed E-state index contributed by atoms with van der Waals surface area (Å²) in [6, 6.07) is 11.6. The molecule has 0 saturated carbocycles. The van der Waals surface area contributed by atoms with Gasteiger partial charge in [-0.2, -0.15) is 0 Å². The third-order valence-corrected chi connectivity index (χ3v) is 4.36. The predicted molar refractivity (Wildman–Crippen MR) is 86.8 cm³/mol. The predicted octanol–water partition coefficient (Wildman–Crippen LogP) is 2.63. The summed E-state index contributed by atoms with van der Waals surface area (Å²) in [4.78, 5) is 16.7. The van der Waals surface area contributed by atoms with Crippen LogP contribution in [0.15, 0.2) is 55.0 Å². The third-order valence-electron chi connectivity index (χ3n) is 4.36. The van der Waals surface area contributed by atoms with Crippen molar-refractivity contribution in [1.82, 2.24) is 14.7 Å². The molecule has 3 aromatic rings. The van der Waals surface area contributed by atoms with Gasteiger partial charge in [0.15, 0.2) is 0 Å². The van der Waals surface area contributed by atoms with Crippen LogP contribution in [0.3, 0.4) is 0 Å². The zero-order valence-electron chi connectivity index (χ0n) is 12.8. The Balaban J connectivity index is 1.52. The lowest BCUT2D eigenvalue weighted by molar-refractivity contribution is 0.0932. The lowest BCUT2D eigenvalue weighted by Gasteiger charge is -2.20. The minimum atomic E-state index is -0.0904. The molecular weight excluding hydrogens is 290 g/mol. The lowest BCUT2D eigenvalue weighted by Crippen LogP contribution is -2.37. The topological polar surface area (TPSA) is 55.6 Å². The number of hydrogen-bond acceptors (Lipinski definition) is 3. The molecule has 116 valence electrons. The van der Waals surface area contributed by atoms with Gasteiger partial charge in [0.05, 0.1) is 6.61 Å². The number of ether oxygens (including phenoxy) is 1. The second-order valence-electron chi connectivity index (χ2n) is 5.83. The Morgan fingerprint density at radius 2 is 2.22 bits per heavy atom. The van der Waals surface area contributed by atoms with Crippen molar-refractivity contribution in [2.24, 2.45) is 0 Å². The Hall–Kier alpha value is -2.82. The van der Waals surface area contributed by atoms with Crippen LogP contribution in [0.4, 0.5) is 0 Å². The average molecular weight is 307 g/mol. The molecule has 23 heavy (non-hydrogen) atoms. The maximum Gasteiger partial charge on any atom is 0.251 e. The molecule has 2 aromatic heterocycles. The third kappa shape index (κ3) is 2.44. The summed E-state index contributed by atoms with van der Waals surface area (Å²) in [5.74, 6) is 0.995. The number of benzene rings is 1. The summed E-state index contributed by atoms with van der Waals surface area (Å²) in [6.45, 7) is 2.61. The molecule has 1 N–H and O–H groups in total. The number of pyridine rings is 1. The van der Waals surface area contributed by atoms with E-state index in [2.05, 4.69) is 16.4 Å². The summed E-state index contributed by atoms with van der Waals surface area (Å²) in [5.41, 5.74) is 2.53. The van der Waals surface area contributed by atoms with E-state index in [0.717, 1.165) is 17.0 Å². The number of amides is 1. The molecular formula is C18H17N3O2. The summed E-state index contributed by atoms with van der Waals surface area (Å²) >= 11 is 0. The number of nitrogens with one attached hydrogen (secondary N) is 1. The molecule has 0 aliphatic carbocycles. The lowest BCUT2D eigenvalue weighted by atomic mass is 9.94. The van der Waals surface area contributed by atoms with Crippen LogP contribution in [0.2, 0.25) is 0 Å². The van der Waals surface area contributed by atoms with Crippen molar-refractivity contribution in [2.45, 2.75) is 18.9 Å². The molecule has 0 radical (unpaired) electrons. The maximum atomic E-state index is 12.5. The van der Waals surface area contributed by atoms with Crippen molar-refractivity contribution < 1.29 is 9.53 Å². The highest BCUT2D eigenvalue weighted by molar-refractivity contribution is 5.95. The van der Waals surface area contributed by atoms with Gasteiger partial charge in [0.25, 0.3) is 5.91 Å². The minimum absolute atomic E-state index is 0.0119. The summed E-state index contributed by atoms with van der Waals surface area (Å²) in [6.07, 6.45) is 5.41. The maximum absolute atomic E-state index is 12.5. The number of para-hydroxylation sites is 1. The van der Waals surface area contributed by atoms with Crippen LogP contribution >= 0.6 is 0 Å². The van der Waals surface area contributed by atoms with Gasteiger partial charge >= 0.3 is 0 Å². The van der Waals surface area contributed by atoms with Gasteiger partial charge in [-0.1, -0.05) is 18.2 Å². The Morgan fingerprint density at radius 3 is 3.13 bits per heavy atom. The van der Waals surface area contributed by atoms with Gasteiger partial charge in [-0.3, -0.25) is 4.79 Å². The van der Waals surface area contributed by atoms with E-state index in [-0.39, 0.29) is 17.9 Å². The summed E-state index contributed by atoms with van der Waals surface area (Å²) in [7, 11) is 0. The van der Waals surface area contributed by atoms with Crippen LogP contribution in [-0.4, -0.2) is 27.9 Å². The van der Waals surface area contributed by atoms with Crippen LogP contribution in [0.25, 0.3) is 5.65 Å². The number of imidazole rings is 1. The van der Waals surface area contributed by atoms with E-state index in [4.69, 9.17) is 4.74 Å². The van der Waals surface area contributed by atoms with Gasteiger partial charge in [-0.25, -0.2) is 4.98 Å². The highest BCUT2D eigenvalue weighted by atomic mass is 16.5. The molecule has 0 spiro atoms. The van der Waals surface area contributed by atoms with Gasteiger partial charge < -0.3 is 14.5 Å². The Bertz CT molecular complexity index is 871. The fraction of sp³-hybridized carbons (Fsp3) is 0.222. The molecule has 4 rings (SSSR count). The Kier molecular flexibility index (Phi) is 3.26. The molecule has 1 aliphatic rings. The minimum Gasteiger partial charge on any atom is -0.493 e. The highest BCUT2D eigenvalue weighted by Crippen LogP contribution is 2.35. The largest absolute Gasteiger partial charge is 0.493 e. The number of carbonyl (C=O) groups excluding carboxylic acids is 1. The normalized spacial score (nSPS) is 17.5. The monoisotopic (exact) mass is 307 g/mol. The second-order valence-corrected chi connectivity index (χ2v) is 5.83. The van der Waals surface area contributed by atoms with E-state index in [0.29, 0.717) is 12.2 Å². The van der Waals surface area contributed by atoms with Crippen molar-refractivity contribution in [1.29, 1.82) is 0 Å². The number of fused-ring (bicyclic) bond motifs is 2. The number of carbonyl (C=O) groups is 1. The number of rotatable bonds is 3.